The number of carbonyl (C=O) groups is 1. The second-order valence-corrected chi connectivity index (χ2v) is 8.89. The fourth-order valence-electron chi connectivity index (χ4n) is 5.38. The number of amides is 1. The minimum Gasteiger partial charge on any atom is -0.381 e. The maximum Gasteiger partial charge on any atom is 0.225 e. The van der Waals surface area contributed by atoms with Crippen LogP contribution in [0.15, 0.2) is 0 Å². The van der Waals surface area contributed by atoms with Crippen LogP contribution in [0.25, 0.3) is 0 Å². The lowest BCUT2D eigenvalue weighted by Crippen LogP contribution is -2.50. The molecule has 0 atom stereocenters. The van der Waals surface area contributed by atoms with Gasteiger partial charge in [-0.05, 0) is 57.3 Å². The average molecular weight is 365 g/mol. The van der Waals surface area contributed by atoms with Crippen LogP contribution in [0.4, 0.5) is 0 Å². The number of likely N-dealkylation sites (tertiary alicyclic amines) is 2. The Labute approximate surface area is 160 Å². The van der Waals surface area contributed by atoms with Gasteiger partial charge >= 0.3 is 0 Å². The molecule has 3 aliphatic rings. The van der Waals surface area contributed by atoms with Gasteiger partial charge in [0.25, 0.3) is 0 Å². The molecule has 150 valence electrons. The summed E-state index contributed by atoms with van der Waals surface area (Å²) in [5, 5.41) is 0. The number of hydrogen-bond donors (Lipinski definition) is 0. The second kappa shape index (κ2) is 10.1. The summed E-state index contributed by atoms with van der Waals surface area (Å²) in [5.41, 5.74) is 0. The third-order valence-corrected chi connectivity index (χ3v) is 7.26. The van der Waals surface area contributed by atoms with Crippen molar-refractivity contribution in [1.29, 1.82) is 0 Å². The number of ether oxygens (including phenoxy) is 1. The Hall–Kier alpha value is -0.610. The Balaban J connectivity index is 1.37. The molecule has 4 nitrogen and oxygen atoms in total. The van der Waals surface area contributed by atoms with Crippen molar-refractivity contribution in [3.63, 3.8) is 0 Å². The van der Waals surface area contributed by atoms with Crippen LogP contribution in [0.3, 0.4) is 0 Å². The topological polar surface area (TPSA) is 32.8 Å². The van der Waals surface area contributed by atoms with E-state index in [0.717, 1.165) is 57.5 Å². The van der Waals surface area contributed by atoms with E-state index in [0.29, 0.717) is 24.0 Å². The van der Waals surface area contributed by atoms with Gasteiger partial charge in [0, 0.05) is 45.2 Å². The van der Waals surface area contributed by atoms with E-state index < -0.39 is 0 Å². The first kappa shape index (κ1) is 20.1. The van der Waals surface area contributed by atoms with E-state index in [4.69, 9.17) is 4.74 Å². The Kier molecular flexibility index (Phi) is 7.80. The molecule has 0 radical (unpaired) electrons. The summed E-state index contributed by atoms with van der Waals surface area (Å²) < 4.78 is 5.49. The van der Waals surface area contributed by atoms with Crippen molar-refractivity contribution in [3.05, 3.63) is 0 Å². The normalized spacial score (nSPS) is 29.8. The predicted molar refractivity (Wildman–Crippen MR) is 106 cm³/mol. The summed E-state index contributed by atoms with van der Waals surface area (Å²) in [6.07, 6.45) is 14.0. The highest BCUT2D eigenvalue weighted by Crippen LogP contribution is 2.33. The molecule has 0 aromatic rings. The molecule has 1 amide bonds. The molecular weight excluding hydrogens is 324 g/mol. The summed E-state index contributed by atoms with van der Waals surface area (Å²) in [6.45, 7) is 6.56. The molecule has 0 N–H and O–H groups in total. The first-order chi connectivity index (χ1) is 12.7. The molecule has 3 rings (SSSR count). The van der Waals surface area contributed by atoms with E-state index in [-0.39, 0.29) is 0 Å². The van der Waals surface area contributed by atoms with Crippen molar-refractivity contribution in [2.75, 3.05) is 33.3 Å². The Morgan fingerprint density at radius 2 is 1.58 bits per heavy atom. The van der Waals surface area contributed by atoms with Crippen LogP contribution in [0.1, 0.15) is 77.6 Å². The van der Waals surface area contributed by atoms with E-state index in [9.17, 15) is 4.79 Å². The monoisotopic (exact) mass is 364 g/mol. The van der Waals surface area contributed by atoms with Gasteiger partial charge in [0.05, 0.1) is 6.10 Å². The van der Waals surface area contributed by atoms with Crippen LogP contribution in [0.2, 0.25) is 0 Å². The van der Waals surface area contributed by atoms with Gasteiger partial charge in [-0.2, -0.15) is 0 Å². The van der Waals surface area contributed by atoms with E-state index in [1.807, 2.05) is 7.11 Å². The highest BCUT2D eigenvalue weighted by molar-refractivity contribution is 5.79. The lowest BCUT2D eigenvalue weighted by Gasteiger charge is -2.42. The van der Waals surface area contributed by atoms with Crippen molar-refractivity contribution in [3.8, 4) is 0 Å². The first-order valence-corrected chi connectivity index (χ1v) is 11.3. The summed E-state index contributed by atoms with van der Waals surface area (Å²) in [4.78, 5) is 17.8. The highest BCUT2D eigenvalue weighted by Gasteiger charge is 2.33. The largest absolute Gasteiger partial charge is 0.381 e. The standard InChI is InChI=1S/C22H40N2O2/c1-3-4-5-18-6-8-19(9-7-18)22(25)24-14-10-20(11-15-24)23-16-12-21(26-2)13-17-23/h18-21H,3-17H2,1-2H3. The zero-order valence-corrected chi connectivity index (χ0v) is 17.1. The third-order valence-electron chi connectivity index (χ3n) is 7.26. The quantitative estimate of drug-likeness (QED) is 0.712. The molecule has 2 aliphatic heterocycles. The van der Waals surface area contributed by atoms with Gasteiger partial charge in [0.2, 0.25) is 5.91 Å². The SMILES string of the molecule is CCCCC1CCC(C(=O)N2CCC(N3CCC(OC)CC3)CC2)CC1. The number of methoxy groups -OCH3 is 1. The number of hydrogen-bond acceptors (Lipinski definition) is 3. The fraction of sp³-hybridized carbons (Fsp3) is 0.955. The summed E-state index contributed by atoms with van der Waals surface area (Å²) in [5.74, 6) is 1.68. The lowest BCUT2D eigenvalue weighted by atomic mass is 9.79. The summed E-state index contributed by atoms with van der Waals surface area (Å²) in [6, 6.07) is 0.682. The van der Waals surface area contributed by atoms with Crippen molar-refractivity contribution >= 4 is 5.91 Å². The van der Waals surface area contributed by atoms with Crippen LogP contribution in [-0.4, -0.2) is 61.1 Å². The number of carbonyl (C=O) groups excluding carboxylic acids is 1. The van der Waals surface area contributed by atoms with Crippen LogP contribution in [0.5, 0.6) is 0 Å². The van der Waals surface area contributed by atoms with Gasteiger partial charge in [0.15, 0.2) is 0 Å². The van der Waals surface area contributed by atoms with Gasteiger partial charge < -0.3 is 14.5 Å². The summed E-state index contributed by atoms with van der Waals surface area (Å²) >= 11 is 0. The highest BCUT2D eigenvalue weighted by atomic mass is 16.5. The van der Waals surface area contributed by atoms with Crippen molar-refractivity contribution in [2.45, 2.75) is 89.7 Å². The number of piperidine rings is 2. The molecule has 3 fully saturated rings. The number of nitrogens with zero attached hydrogens (tertiary/aromatic N) is 2. The fourth-order valence-corrected chi connectivity index (χ4v) is 5.38. The van der Waals surface area contributed by atoms with Crippen molar-refractivity contribution < 1.29 is 9.53 Å². The van der Waals surface area contributed by atoms with Crippen LogP contribution >= 0.6 is 0 Å². The molecule has 0 spiro atoms. The van der Waals surface area contributed by atoms with E-state index in [1.165, 1.54) is 45.2 Å². The van der Waals surface area contributed by atoms with Crippen LogP contribution in [0, 0.1) is 11.8 Å². The minimum atomic E-state index is 0.321. The van der Waals surface area contributed by atoms with Crippen LogP contribution in [-0.2, 0) is 9.53 Å². The molecule has 0 aromatic heterocycles. The molecule has 1 saturated carbocycles. The summed E-state index contributed by atoms with van der Waals surface area (Å²) in [7, 11) is 1.84. The third kappa shape index (κ3) is 5.22. The average Bonchev–Trinajstić information content (AvgIpc) is 2.72. The molecule has 1 aliphatic carbocycles. The second-order valence-electron chi connectivity index (χ2n) is 8.89. The number of rotatable bonds is 6. The maximum absolute atomic E-state index is 12.9. The smallest absolute Gasteiger partial charge is 0.225 e. The first-order valence-electron chi connectivity index (χ1n) is 11.3. The van der Waals surface area contributed by atoms with Gasteiger partial charge in [-0.15, -0.1) is 0 Å². The lowest BCUT2D eigenvalue weighted by molar-refractivity contribution is -0.138. The Bertz CT molecular complexity index is 418. The van der Waals surface area contributed by atoms with Gasteiger partial charge in [0.1, 0.15) is 0 Å². The van der Waals surface area contributed by atoms with E-state index in [2.05, 4.69) is 16.7 Å². The molecule has 2 heterocycles. The van der Waals surface area contributed by atoms with Gasteiger partial charge in [-0.1, -0.05) is 26.2 Å². The van der Waals surface area contributed by atoms with Crippen molar-refractivity contribution in [1.82, 2.24) is 9.80 Å². The molecule has 0 aromatic carbocycles. The molecule has 4 heteroatoms. The molecule has 26 heavy (non-hydrogen) atoms. The molecule has 2 saturated heterocycles. The van der Waals surface area contributed by atoms with Gasteiger partial charge in [-0.25, -0.2) is 0 Å². The zero-order valence-electron chi connectivity index (χ0n) is 17.1. The predicted octanol–water partition coefficient (Wildman–Crippen LogP) is 4.08. The molecule has 0 unspecified atom stereocenters. The maximum atomic E-state index is 12.9. The van der Waals surface area contributed by atoms with Crippen LogP contribution < -0.4 is 0 Å². The van der Waals surface area contributed by atoms with E-state index >= 15 is 0 Å². The molecule has 0 bridgehead atoms. The zero-order chi connectivity index (χ0) is 18.4. The minimum absolute atomic E-state index is 0.321. The number of unbranched alkanes of at least 4 members (excludes halogenated alkanes) is 1. The van der Waals surface area contributed by atoms with Gasteiger partial charge in [-0.3, -0.25) is 4.79 Å². The van der Waals surface area contributed by atoms with Crippen molar-refractivity contribution in [2.24, 2.45) is 11.8 Å². The molecular formula is C22H40N2O2. The Morgan fingerprint density at radius 3 is 2.15 bits per heavy atom. The Morgan fingerprint density at radius 1 is 0.923 bits per heavy atom. The van der Waals surface area contributed by atoms with E-state index in [1.54, 1.807) is 0 Å².